The summed E-state index contributed by atoms with van der Waals surface area (Å²) in [5.74, 6) is 0.870. The number of nitrogens with zero attached hydrogens (tertiary/aromatic N) is 1. The maximum Gasteiger partial charge on any atom is 0.252 e. The molecule has 4 rings (SSSR count). The van der Waals surface area contributed by atoms with Crippen LogP contribution in [0.25, 0.3) is 6.08 Å². The van der Waals surface area contributed by atoms with Crippen LogP contribution in [-0.4, -0.2) is 55.9 Å². The predicted molar refractivity (Wildman–Crippen MR) is 160 cm³/mol. The standard InChI is InChI=1S/C32H35BrN2O5/c1-38-22-8-20-34-31(37)32(19-7-12-24-10-3-2-4-11-24)29(27-13-5-6-14-28(27)33)40-30(35-32)25-15-17-26(18-16-25)39-23-9-21-36/h2-7,10-18,29,36H,8-9,19-23H2,1H3,(H,34,37)/b12-7+/t29-,32-/m1/s1. The zero-order valence-electron chi connectivity index (χ0n) is 22.6. The number of ether oxygens (including phenoxy) is 3. The molecule has 1 heterocycles. The third kappa shape index (κ3) is 7.38. The predicted octanol–water partition coefficient (Wildman–Crippen LogP) is 5.72. The number of methoxy groups -OCH3 is 1. The fourth-order valence-electron chi connectivity index (χ4n) is 4.49. The number of benzene rings is 3. The molecule has 0 fully saturated rings. The van der Waals surface area contributed by atoms with Crippen LogP contribution < -0.4 is 10.1 Å². The van der Waals surface area contributed by atoms with Gasteiger partial charge in [-0.1, -0.05) is 76.6 Å². The lowest BCUT2D eigenvalue weighted by Gasteiger charge is -2.30. The first-order chi connectivity index (χ1) is 19.6. The van der Waals surface area contributed by atoms with Crippen LogP contribution in [0.5, 0.6) is 5.75 Å². The number of carbonyl (C=O) groups is 1. The molecule has 0 unspecified atom stereocenters. The van der Waals surface area contributed by atoms with Crippen molar-refractivity contribution in [2.24, 2.45) is 4.99 Å². The fraction of sp³-hybridized carbons (Fsp3) is 0.312. The van der Waals surface area contributed by atoms with Crippen LogP contribution in [0.2, 0.25) is 0 Å². The number of aliphatic hydroxyl groups excluding tert-OH is 1. The minimum Gasteiger partial charge on any atom is -0.494 e. The first kappa shape index (κ1) is 29.5. The number of nitrogens with one attached hydrogen (secondary N) is 1. The van der Waals surface area contributed by atoms with Crippen LogP contribution >= 0.6 is 15.9 Å². The van der Waals surface area contributed by atoms with Gasteiger partial charge < -0.3 is 24.6 Å². The highest BCUT2D eigenvalue weighted by Crippen LogP contribution is 2.45. The summed E-state index contributed by atoms with van der Waals surface area (Å²) in [6, 6.07) is 25.2. The summed E-state index contributed by atoms with van der Waals surface area (Å²) in [7, 11) is 1.64. The van der Waals surface area contributed by atoms with E-state index in [1.54, 1.807) is 7.11 Å². The van der Waals surface area contributed by atoms with Gasteiger partial charge in [-0.3, -0.25) is 4.79 Å². The first-order valence-corrected chi connectivity index (χ1v) is 14.2. The molecule has 2 atom stereocenters. The third-order valence-corrected chi connectivity index (χ3v) is 7.29. The smallest absolute Gasteiger partial charge is 0.252 e. The van der Waals surface area contributed by atoms with Gasteiger partial charge in [-0.05, 0) is 42.3 Å². The second-order valence-electron chi connectivity index (χ2n) is 9.43. The van der Waals surface area contributed by atoms with E-state index >= 15 is 0 Å². The molecule has 40 heavy (non-hydrogen) atoms. The Kier molecular flexibility index (Phi) is 10.9. The molecular formula is C32H35BrN2O5. The lowest BCUT2D eigenvalue weighted by Crippen LogP contribution is -2.48. The van der Waals surface area contributed by atoms with Gasteiger partial charge in [0.15, 0.2) is 11.6 Å². The molecule has 0 saturated carbocycles. The Morgan fingerprint density at radius 1 is 1.05 bits per heavy atom. The topological polar surface area (TPSA) is 89.4 Å². The van der Waals surface area contributed by atoms with Crippen LogP contribution in [-0.2, 0) is 14.3 Å². The molecule has 1 amide bonds. The molecule has 0 spiro atoms. The quantitative estimate of drug-likeness (QED) is 0.229. The van der Waals surface area contributed by atoms with Crippen molar-refractivity contribution in [2.75, 3.05) is 33.5 Å². The number of amides is 1. The van der Waals surface area contributed by atoms with Crippen molar-refractivity contribution >= 4 is 33.8 Å². The Hall–Kier alpha value is -3.46. The second kappa shape index (κ2) is 14.8. The average Bonchev–Trinajstić information content (AvgIpc) is 3.37. The molecular weight excluding hydrogens is 572 g/mol. The van der Waals surface area contributed by atoms with Gasteiger partial charge in [-0.15, -0.1) is 0 Å². The normalized spacial score (nSPS) is 18.4. The lowest BCUT2D eigenvalue weighted by atomic mass is 9.84. The zero-order valence-corrected chi connectivity index (χ0v) is 24.2. The van der Waals surface area contributed by atoms with Crippen molar-refractivity contribution in [3.05, 3.63) is 106 Å². The minimum absolute atomic E-state index is 0.0769. The Bertz CT molecular complexity index is 1300. The molecule has 0 bridgehead atoms. The minimum atomic E-state index is -1.24. The lowest BCUT2D eigenvalue weighted by molar-refractivity contribution is -0.128. The molecule has 0 aromatic heterocycles. The van der Waals surface area contributed by atoms with E-state index in [2.05, 4.69) is 21.2 Å². The molecule has 1 aliphatic heterocycles. The van der Waals surface area contributed by atoms with Crippen LogP contribution in [0.15, 0.2) is 94.4 Å². The van der Waals surface area contributed by atoms with Crippen molar-refractivity contribution < 1.29 is 24.1 Å². The maximum atomic E-state index is 14.0. The number of aliphatic imine (C=N–C) groups is 1. The highest BCUT2D eigenvalue weighted by Gasteiger charge is 2.53. The summed E-state index contributed by atoms with van der Waals surface area (Å²) in [5, 5.41) is 12.1. The van der Waals surface area contributed by atoms with Gasteiger partial charge in [-0.25, -0.2) is 4.99 Å². The van der Waals surface area contributed by atoms with E-state index in [-0.39, 0.29) is 12.5 Å². The molecule has 2 N–H and O–H groups in total. The fourth-order valence-corrected chi connectivity index (χ4v) is 4.98. The summed E-state index contributed by atoms with van der Waals surface area (Å²) < 4.78 is 18.2. The van der Waals surface area contributed by atoms with Crippen LogP contribution in [0.1, 0.15) is 42.1 Å². The van der Waals surface area contributed by atoms with Crippen LogP contribution in [0, 0.1) is 0 Å². The van der Waals surface area contributed by atoms with Crippen molar-refractivity contribution in [1.82, 2.24) is 5.32 Å². The van der Waals surface area contributed by atoms with Gasteiger partial charge in [0.05, 0.1) is 6.61 Å². The van der Waals surface area contributed by atoms with Gasteiger partial charge in [0.2, 0.25) is 5.90 Å². The molecule has 0 saturated heterocycles. The monoisotopic (exact) mass is 606 g/mol. The number of halogens is 1. The van der Waals surface area contributed by atoms with Crippen LogP contribution in [0.3, 0.4) is 0 Å². The molecule has 210 valence electrons. The molecule has 0 aliphatic carbocycles. The van der Waals surface area contributed by atoms with Crippen molar-refractivity contribution in [3.63, 3.8) is 0 Å². The number of carbonyl (C=O) groups excluding carboxylic acids is 1. The Morgan fingerprint density at radius 3 is 2.52 bits per heavy atom. The maximum absolute atomic E-state index is 14.0. The number of hydrogen-bond donors (Lipinski definition) is 2. The van der Waals surface area contributed by atoms with E-state index in [0.717, 1.165) is 21.2 Å². The van der Waals surface area contributed by atoms with Gasteiger partial charge in [0, 0.05) is 55.3 Å². The van der Waals surface area contributed by atoms with Crippen molar-refractivity contribution in [2.45, 2.75) is 30.9 Å². The summed E-state index contributed by atoms with van der Waals surface area (Å²) in [6.07, 6.45) is 4.90. The summed E-state index contributed by atoms with van der Waals surface area (Å²) in [6.45, 7) is 1.52. The second-order valence-corrected chi connectivity index (χ2v) is 10.3. The van der Waals surface area contributed by atoms with E-state index in [9.17, 15) is 4.79 Å². The van der Waals surface area contributed by atoms with E-state index in [1.165, 1.54) is 0 Å². The Balaban J connectivity index is 1.71. The van der Waals surface area contributed by atoms with Gasteiger partial charge in [-0.2, -0.15) is 0 Å². The van der Waals surface area contributed by atoms with Gasteiger partial charge in [0.25, 0.3) is 5.91 Å². The SMILES string of the molecule is COCCCNC(=O)[C@]1(C/C=C/c2ccccc2)N=C(c2ccc(OCCCO)cc2)O[C@@H]1c1ccccc1Br. The highest BCUT2D eigenvalue weighted by molar-refractivity contribution is 9.10. The van der Waals surface area contributed by atoms with Crippen molar-refractivity contribution in [1.29, 1.82) is 0 Å². The Morgan fingerprint density at radius 2 is 1.80 bits per heavy atom. The van der Waals surface area contributed by atoms with E-state index in [4.69, 9.17) is 24.3 Å². The Labute approximate surface area is 244 Å². The highest BCUT2D eigenvalue weighted by atomic mass is 79.9. The molecule has 8 heteroatoms. The van der Waals surface area contributed by atoms with E-state index in [0.29, 0.717) is 50.7 Å². The largest absolute Gasteiger partial charge is 0.494 e. The zero-order chi connectivity index (χ0) is 28.2. The summed E-state index contributed by atoms with van der Waals surface area (Å²) >= 11 is 3.67. The molecule has 1 aliphatic rings. The molecule has 0 radical (unpaired) electrons. The number of rotatable bonds is 14. The molecule has 3 aromatic rings. The van der Waals surface area contributed by atoms with Gasteiger partial charge >= 0.3 is 0 Å². The summed E-state index contributed by atoms with van der Waals surface area (Å²) in [5.41, 5.74) is 1.38. The van der Waals surface area contributed by atoms with E-state index in [1.807, 2.05) is 91.0 Å². The average molecular weight is 608 g/mol. The summed E-state index contributed by atoms with van der Waals surface area (Å²) in [4.78, 5) is 19.0. The van der Waals surface area contributed by atoms with Crippen LogP contribution in [0.4, 0.5) is 0 Å². The first-order valence-electron chi connectivity index (χ1n) is 13.4. The van der Waals surface area contributed by atoms with E-state index < -0.39 is 11.6 Å². The molecule has 7 nitrogen and oxygen atoms in total. The molecule has 3 aromatic carbocycles. The number of hydrogen-bond acceptors (Lipinski definition) is 6. The van der Waals surface area contributed by atoms with Crippen molar-refractivity contribution in [3.8, 4) is 5.75 Å². The number of aliphatic hydroxyl groups is 1. The third-order valence-electron chi connectivity index (χ3n) is 6.57. The van der Waals surface area contributed by atoms with Gasteiger partial charge in [0.1, 0.15) is 5.75 Å².